The average molecular weight is 208 g/mol. The third-order valence-corrected chi connectivity index (χ3v) is 2.01. The summed E-state index contributed by atoms with van der Waals surface area (Å²) in [5.74, 6) is -0.528. The minimum Gasteiger partial charge on any atom is -0.478 e. The van der Waals surface area contributed by atoms with Gasteiger partial charge in [0.1, 0.15) is 0 Å². The Hall–Kier alpha value is -1.71. The zero-order valence-electron chi connectivity index (χ0n) is 8.95. The number of hydrogen-bond acceptors (Lipinski definition) is 3. The molecule has 82 valence electrons. The molecule has 0 aliphatic rings. The molecule has 4 nitrogen and oxygen atoms in total. The summed E-state index contributed by atoms with van der Waals surface area (Å²) in [6.45, 7) is 4.80. The van der Waals surface area contributed by atoms with E-state index in [2.05, 4.69) is 5.32 Å². The molecule has 0 aliphatic heterocycles. The van der Waals surface area contributed by atoms with Crippen LogP contribution in [-0.2, 0) is 0 Å². The number of carboxylic acids is 1. The zero-order chi connectivity index (χ0) is 11.4. The van der Waals surface area contributed by atoms with Crippen molar-refractivity contribution in [1.29, 1.82) is 0 Å². The second-order valence-corrected chi connectivity index (χ2v) is 3.85. The van der Waals surface area contributed by atoms with E-state index in [4.69, 9.17) is 10.8 Å². The molecule has 0 amide bonds. The van der Waals surface area contributed by atoms with Crippen molar-refractivity contribution < 1.29 is 9.90 Å². The van der Waals surface area contributed by atoms with Gasteiger partial charge in [-0.1, -0.05) is 19.9 Å². The summed E-state index contributed by atoms with van der Waals surface area (Å²) in [6.07, 6.45) is 0. The summed E-state index contributed by atoms with van der Waals surface area (Å²) in [7, 11) is 0. The maximum Gasteiger partial charge on any atom is 0.337 e. The zero-order valence-corrected chi connectivity index (χ0v) is 8.95. The summed E-state index contributed by atoms with van der Waals surface area (Å²) in [5.41, 5.74) is 6.92. The van der Waals surface area contributed by atoms with Crippen LogP contribution in [0.4, 0.5) is 11.4 Å². The quantitative estimate of drug-likeness (QED) is 0.662. The molecule has 0 radical (unpaired) electrons. The van der Waals surface area contributed by atoms with Crippen molar-refractivity contribution in [3.63, 3.8) is 0 Å². The van der Waals surface area contributed by atoms with Gasteiger partial charge in [-0.25, -0.2) is 4.79 Å². The fraction of sp³-hybridized carbons (Fsp3) is 0.364. The molecule has 0 saturated heterocycles. The molecule has 4 N–H and O–H groups in total. The molecule has 1 aromatic carbocycles. The molecule has 0 atom stereocenters. The summed E-state index contributed by atoms with van der Waals surface area (Å²) in [5, 5.41) is 12.0. The molecular formula is C11H16N2O2. The Morgan fingerprint density at radius 2 is 2.20 bits per heavy atom. The lowest BCUT2D eigenvalue weighted by molar-refractivity contribution is 0.0698. The second kappa shape index (κ2) is 4.68. The number of carbonyl (C=O) groups is 1. The van der Waals surface area contributed by atoms with Gasteiger partial charge in [0.05, 0.1) is 16.9 Å². The van der Waals surface area contributed by atoms with Crippen LogP contribution in [0.2, 0.25) is 0 Å². The summed E-state index contributed by atoms with van der Waals surface area (Å²) >= 11 is 0. The van der Waals surface area contributed by atoms with Gasteiger partial charge in [-0.05, 0) is 18.1 Å². The van der Waals surface area contributed by atoms with Gasteiger partial charge in [-0.2, -0.15) is 0 Å². The van der Waals surface area contributed by atoms with Gasteiger partial charge in [0.2, 0.25) is 0 Å². The van der Waals surface area contributed by atoms with Gasteiger partial charge in [0, 0.05) is 6.54 Å². The number of para-hydroxylation sites is 1. The first-order valence-electron chi connectivity index (χ1n) is 4.88. The molecule has 0 aromatic heterocycles. The van der Waals surface area contributed by atoms with Crippen LogP contribution in [0, 0.1) is 5.92 Å². The summed E-state index contributed by atoms with van der Waals surface area (Å²) in [4.78, 5) is 10.9. The van der Waals surface area contributed by atoms with Crippen molar-refractivity contribution in [1.82, 2.24) is 0 Å². The van der Waals surface area contributed by atoms with Gasteiger partial charge in [-0.3, -0.25) is 0 Å². The fourth-order valence-corrected chi connectivity index (χ4v) is 1.25. The van der Waals surface area contributed by atoms with Gasteiger partial charge >= 0.3 is 5.97 Å². The number of aromatic carboxylic acids is 1. The Labute approximate surface area is 89.1 Å². The minimum absolute atomic E-state index is 0.218. The van der Waals surface area contributed by atoms with E-state index in [9.17, 15) is 4.79 Å². The maximum absolute atomic E-state index is 10.9. The Kier molecular flexibility index (Phi) is 3.55. The number of nitrogens with two attached hydrogens (primary N) is 1. The molecule has 0 unspecified atom stereocenters. The summed E-state index contributed by atoms with van der Waals surface area (Å²) in [6, 6.07) is 4.87. The lowest BCUT2D eigenvalue weighted by Gasteiger charge is -2.13. The van der Waals surface area contributed by atoms with Crippen molar-refractivity contribution in [2.45, 2.75) is 13.8 Å². The van der Waals surface area contributed by atoms with E-state index in [-0.39, 0.29) is 5.56 Å². The van der Waals surface area contributed by atoms with E-state index in [1.165, 1.54) is 0 Å². The number of nitrogen functional groups attached to an aromatic ring is 1. The van der Waals surface area contributed by atoms with Gasteiger partial charge in [0.25, 0.3) is 0 Å². The van der Waals surface area contributed by atoms with E-state index in [0.29, 0.717) is 23.8 Å². The number of rotatable bonds is 4. The van der Waals surface area contributed by atoms with Crippen molar-refractivity contribution in [2.24, 2.45) is 5.92 Å². The second-order valence-electron chi connectivity index (χ2n) is 3.85. The van der Waals surface area contributed by atoms with Gasteiger partial charge < -0.3 is 16.2 Å². The van der Waals surface area contributed by atoms with Crippen LogP contribution in [0.1, 0.15) is 24.2 Å². The minimum atomic E-state index is -0.964. The first kappa shape index (κ1) is 11.4. The maximum atomic E-state index is 10.9. The van der Waals surface area contributed by atoms with Crippen LogP contribution in [0.5, 0.6) is 0 Å². The largest absolute Gasteiger partial charge is 0.478 e. The highest BCUT2D eigenvalue weighted by molar-refractivity contribution is 5.97. The van der Waals surface area contributed by atoms with E-state index in [1.54, 1.807) is 18.2 Å². The van der Waals surface area contributed by atoms with Crippen LogP contribution in [-0.4, -0.2) is 17.6 Å². The third-order valence-electron chi connectivity index (χ3n) is 2.01. The number of carboxylic acid groups (broad SMARTS) is 1. The highest BCUT2D eigenvalue weighted by Crippen LogP contribution is 2.23. The third kappa shape index (κ3) is 2.87. The van der Waals surface area contributed by atoms with Crippen LogP contribution < -0.4 is 11.1 Å². The van der Waals surface area contributed by atoms with Crippen LogP contribution in [0.3, 0.4) is 0 Å². The molecule has 0 saturated carbocycles. The highest BCUT2D eigenvalue weighted by atomic mass is 16.4. The highest BCUT2D eigenvalue weighted by Gasteiger charge is 2.12. The molecule has 4 heteroatoms. The van der Waals surface area contributed by atoms with E-state index >= 15 is 0 Å². The lowest BCUT2D eigenvalue weighted by atomic mass is 10.1. The first-order valence-corrected chi connectivity index (χ1v) is 4.88. The Morgan fingerprint density at radius 3 is 2.73 bits per heavy atom. The Bertz CT molecular complexity index is 362. The van der Waals surface area contributed by atoms with Gasteiger partial charge in [0.15, 0.2) is 0 Å². The van der Waals surface area contributed by atoms with E-state index in [1.807, 2.05) is 13.8 Å². The number of hydrogen-bond donors (Lipinski definition) is 3. The predicted octanol–water partition coefficient (Wildman–Crippen LogP) is 2.03. The smallest absolute Gasteiger partial charge is 0.337 e. The molecule has 15 heavy (non-hydrogen) atoms. The predicted molar refractivity (Wildman–Crippen MR) is 61.1 cm³/mol. The van der Waals surface area contributed by atoms with Crippen molar-refractivity contribution in [3.8, 4) is 0 Å². The van der Waals surface area contributed by atoms with Crippen LogP contribution >= 0.6 is 0 Å². The molecule has 0 heterocycles. The summed E-state index contributed by atoms with van der Waals surface area (Å²) < 4.78 is 0. The van der Waals surface area contributed by atoms with E-state index < -0.39 is 5.97 Å². The Morgan fingerprint density at radius 1 is 1.53 bits per heavy atom. The molecule has 1 rings (SSSR count). The fourth-order valence-electron chi connectivity index (χ4n) is 1.25. The molecule has 1 aromatic rings. The molecule has 0 aliphatic carbocycles. The Balaban J connectivity index is 2.97. The molecular weight excluding hydrogens is 192 g/mol. The van der Waals surface area contributed by atoms with Gasteiger partial charge in [-0.15, -0.1) is 0 Å². The van der Waals surface area contributed by atoms with Crippen LogP contribution in [0.15, 0.2) is 18.2 Å². The standard InChI is InChI=1S/C11H16N2O2/c1-7(2)6-13-10-8(11(14)15)4-3-5-9(10)12/h3-5,7,13H,6,12H2,1-2H3,(H,14,15). The number of nitrogens with one attached hydrogen (secondary N) is 1. The van der Waals surface area contributed by atoms with Crippen molar-refractivity contribution in [2.75, 3.05) is 17.6 Å². The lowest BCUT2D eigenvalue weighted by Crippen LogP contribution is -2.13. The molecule has 0 bridgehead atoms. The topological polar surface area (TPSA) is 75.3 Å². The molecule has 0 fully saturated rings. The normalized spacial score (nSPS) is 10.3. The first-order chi connectivity index (χ1) is 7.02. The number of benzene rings is 1. The monoisotopic (exact) mass is 208 g/mol. The molecule has 0 spiro atoms. The van der Waals surface area contributed by atoms with E-state index in [0.717, 1.165) is 0 Å². The average Bonchev–Trinajstić information content (AvgIpc) is 2.15. The van der Waals surface area contributed by atoms with Crippen molar-refractivity contribution >= 4 is 17.3 Å². The SMILES string of the molecule is CC(C)CNc1c(N)cccc1C(=O)O. The van der Waals surface area contributed by atoms with Crippen LogP contribution in [0.25, 0.3) is 0 Å². The number of anilines is 2. The van der Waals surface area contributed by atoms with Crippen molar-refractivity contribution in [3.05, 3.63) is 23.8 Å².